The predicted octanol–water partition coefficient (Wildman–Crippen LogP) is 3.76. The molecule has 22 heavy (non-hydrogen) atoms. The highest BCUT2D eigenvalue weighted by Gasteiger charge is 2.16. The highest BCUT2D eigenvalue weighted by molar-refractivity contribution is 6.39. The van der Waals surface area contributed by atoms with Crippen molar-refractivity contribution in [2.45, 2.75) is 0 Å². The fourth-order valence-corrected chi connectivity index (χ4v) is 2.68. The number of rotatable bonds is 2. The Kier molecular flexibility index (Phi) is 3.72. The highest BCUT2D eigenvalue weighted by Crippen LogP contribution is 2.36. The Bertz CT molecular complexity index is 885. The summed E-state index contributed by atoms with van der Waals surface area (Å²) in [5.41, 5.74) is 6.74. The SMILES string of the molecule is CNc1nc(N)nc2nc(-c3c(Cl)ccc(F)c3Cl)ccc12. The molecule has 8 heteroatoms. The van der Waals surface area contributed by atoms with Crippen LogP contribution >= 0.6 is 23.2 Å². The van der Waals surface area contributed by atoms with E-state index in [-0.39, 0.29) is 11.0 Å². The Balaban J connectivity index is 2.28. The van der Waals surface area contributed by atoms with Gasteiger partial charge in [0.25, 0.3) is 0 Å². The van der Waals surface area contributed by atoms with Gasteiger partial charge in [0.05, 0.1) is 21.1 Å². The fraction of sp³-hybridized carbons (Fsp3) is 0.0714. The van der Waals surface area contributed by atoms with Crippen LogP contribution in [0.4, 0.5) is 16.2 Å². The second-order valence-electron chi connectivity index (χ2n) is 4.47. The molecule has 112 valence electrons. The first-order valence-electron chi connectivity index (χ1n) is 6.27. The molecular weight excluding hydrogens is 328 g/mol. The van der Waals surface area contributed by atoms with Gasteiger partial charge in [-0.1, -0.05) is 23.2 Å². The van der Waals surface area contributed by atoms with Crippen molar-refractivity contribution in [2.75, 3.05) is 18.1 Å². The summed E-state index contributed by atoms with van der Waals surface area (Å²) < 4.78 is 13.7. The third-order valence-corrected chi connectivity index (χ3v) is 3.80. The minimum absolute atomic E-state index is 0.0814. The Morgan fingerprint density at radius 2 is 1.86 bits per heavy atom. The summed E-state index contributed by atoms with van der Waals surface area (Å²) in [6.07, 6.45) is 0. The smallest absolute Gasteiger partial charge is 0.224 e. The van der Waals surface area contributed by atoms with Gasteiger partial charge in [-0.05, 0) is 24.3 Å². The molecule has 0 radical (unpaired) electrons. The first-order chi connectivity index (χ1) is 10.5. The zero-order valence-electron chi connectivity index (χ0n) is 11.4. The maximum Gasteiger partial charge on any atom is 0.224 e. The van der Waals surface area contributed by atoms with E-state index in [1.54, 1.807) is 19.2 Å². The molecule has 3 aromatic rings. The maximum atomic E-state index is 13.7. The monoisotopic (exact) mass is 337 g/mol. The number of hydrogen-bond acceptors (Lipinski definition) is 5. The van der Waals surface area contributed by atoms with Gasteiger partial charge in [-0.25, -0.2) is 9.37 Å². The number of anilines is 2. The lowest BCUT2D eigenvalue weighted by Crippen LogP contribution is -2.02. The molecule has 0 fully saturated rings. The Morgan fingerprint density at radius 3 is 2.59 bits per heavy atom. The zero-order chi connectivity index (χ0) is 15.9. The van der Waals surface area contributed by atoms with E-state index in [9.17, 15) is 4.39 Å². The third-order valence-electron chi connectivity index (χ3n) is 3.11. The molecule has 3 N–H and O–H groups in total. The van der Waals surface area contributed by atoms with Gasteiger partial charge < -0.3 is 11.1 Å². The molecule has 3 rings (SSSR count). The average molecular weight is 338 g/mol. The van der Waals surface area contributed by atoms with Crippen LogP contribution < -0.4 is 11.1 Å². The molecule has 0 aliphatic heterocycles. The highest BCUT2D eigenvalue weighted by atomic mass is 35.5. The number of nitrogens with two attached hydrogens (primary N) is 1. The van der Waals surface area contributed by atoms with Crippen molar-refractivity contribution < 1.29 is 4.39 Å². The minimum Gasteiger partial charge on any atom is -0.372 e. The second kappa shape index (κ2) is 5.55. The molecule has 5 nitrogen and oxygen atoms in total. The predicted molar refractivity (Wildman–Crippen MR) is 86.7 cm³/mol. The minimum atomic E-state index is -0.568. The van der Waals surface area contributed by atoms with E-state index >= 15 is 0 Å². The standard InChI is InChI=1S/C14H10Cl2FN5/c1-19-12-6-2-5-9(20-13(6)22-14(18)21-12)10-7(15)3-4-8(17)11(10)16/h2-5H,1H3,(H3,18,19,20,21,22). The molecule has 2 heterocycles. The second-order valence-corrected chi connectivity index (χ2v) is 5.25. The number of aromatic nitrogens is 3. The van der Waals surface area contributed by atoms with Crippen molar-refractivity contribution in [2.24, 2.45) is 0 Å². The first kappa shape index (κ1) is 14.7. The third kappa shape index (κ3) is 2.40. The maximum absolute atomic E-state index is 13.7. The number of nitrogens with one attached hydrogen (secondary N) is 1. The van der Waals surface area contributed by atoms with Gasteiger partial charge in [0.1, 0.15) is 11.6 Å². The summed E-state index contributed by atoms with van der Waals surface area (Å²) in [6.45, 7) is 0. The summed E-state index contributed by atoms with van der Waals surface area (Å²) in [5, 5.41) is 3.82. The summed E-state index contributed by atoms with van der Waals surface area (Å²) >= 11 is 12.1. The van der Waals surface area contributed by atoms with E-state index in [1.165, 1.54) is 12.1 Å². The van der Waals surface area contributed by atoms with E-state index in [4.69, 9.17) is 28.9 Å². The number of nitrogens with zero attached hydrogens (tertiary/aromatic N) is 3. The molecule has 1 aromatic carbocycles. The van der Waals surface area contributed by atoms with Gasteiger partial charge in [-0.2, -0.15) is 9.97 Å². The number of halogens is 3. The lowest BCUT2D eigenvalue weighted by molar-refractivity contribution is 0.628. The normalized spacial score (nSPS) is 10.9. The van der Waals surface area contributed by atoms with Crippen molar-refractivity contribution in [3.8, 4) is 11.3 Å². The summed E-state index contributed by atoms with van der Waals surface area (Å²) in [7, 11) is 1.72. The molecule has 0 bridgehead atoms. The molecule has 0 atom stereocenters. The number of hydrogen-bond donors (Lipinski definition) is 2. The fourth-order valence-electron chi connectivity index (χ4n) is 2.12. The van der Waals surface area contributed by atoms with E-state index in [0.29, 0.717) is 33.1 Å². The Hall–Kier alpha value is -2.18. The van der Waals surface area contributed by atoms with E-state index < -0.39 is 5.82 Å². The van der Waals surface area contributed by atoms with Gasteiger partial charge in [0, 0.05) is 12.6 Å². The number of benzene rings is 1. The topological polar surface area (TPSA) is 76.7 Å². The Morgan fingerprint density at radius 1 is 1.09 bits per heavy atom. The van der Waals surface area contributed by atoms with Crippen LogP contribution in [0.25, 0.3) is 22.3 Å². The molecule has 0 saturated carbocycles. The van der Waals surface area contributed by atoms with Crippen LogP contribution in [0.15, 0.2) is 24.3 Å². The number of pyridine rings is 1. The van der Waals surface area contributed by atoms with Crippen LogP contribution in [0.2, 0.25) is 10.0 Å². The molecule has 0 unspecified atom stereocenters. The number of fused-ring (bicyclic) bond motifs is 1. The van der Waals surface area contributed by atoms with Gasteiger partial charge in [0.2, 0.25) is 5.95 Å². The van der Waals surface area contributed by atoms with Crippen molar-refractivity contribution in [3.63, 3.8) is 0 Å². The molecule has 0 aliphatic carbocycles. The summed E-state index contributed by atoms with van der Waals surface area (Å²) in [4.78, 5) is 12.5. The van der Waals surface area contributed by atoms with Crippen LogP contribution in [0, 0.1) is 5.82 Å². The van der Waals surface area contributed by atoms with E-state index in [0.717, 1.165) is 0 Å². The lowest BCUT2D eigenvalue weighted by atomic mass is 10.1. The average Bonchev–Trinajstić information content (AvgIpc) is 2.50. The van der Waals surface area contributed by atoms with Crippen LogP contribution in [0.3, 0.4) is 0 Å². The van der Waals surface area contributed by atoms with Gasteiger partial charge in [-0.15, -0.1) is 0 Å². The van der Waals surface area contributed by atoms with Gasteiger partial charge >= 0.3 is 0 Å². The molecule has 0 amide bonds. The van der Waals surface area contributed by atoms with Crippen LogP contribution in [-0.2, 0) is 0 Å². The van der Waals surface area contributed by atoms with Crippen molar-refractivity contribution in [3.05, 3.63) is 40.1 Å². The summed E-state index contributed by atoms with van der Waals surface area (Å²) in [5.74, 6) is 0.0667. The first-order valence-corrected chi connectivity index (χ1v) is 7.02. The lowest BCUT2D eigenvalue weighted by Gasteiger charge is -2.10. The molecule has 0 saturated heterocycles. The van der Waals surface area contributed by atoms with Gasteiger partial charge in [0.15, 0.2) is 5.65 Å². The van der Waals surface area contributed by atoms with E-state index in [1.807, 2.05) is 0 Å². The molecule has 2 aromatic heterocycles. The summed E-state index contributed by atoms with van der Waals surface area (Å²) in [6, 6.07) is 6.06. The van der Waals surface area contributed by atoms with Crippen molar-refractivity contribution >= 4 is 46.0 Å². The Labute approximate surface area is 135 Å². The van der Waals surface area contributed by atoms with Crippen molar-refractivity contribution in [1.29, 1.82) is 0 Å². The van der Waals surface area contributed by atoms with Crippen molar-refractivity contribution in [1.82, 2.24) is 15.0 Å². The largest absolute Gasteiger partial charge is 0.372 e. The molecule has 0 spiro atoms. The quantitative estimate of drug-likeness (QED) is 0.696. The van der Waals surface area contributed by atoms with Crippen LogP contribution in [0.1, 0.15) is 0 Å². The molecular formula is C14H10Cl2FN5. The van der Waals surface area contributed by atoms with E-state index in [2.05, 4.69) is 20.3 Å². The zero-order valence-corrected chi connectivity index (χ0v) is 12.9. The van der Waals surface area contributed by atoms with Gasteiger partial charge in [-0.3, -0.25) is 0 Å². The van der Waals surface area contributed by atoms with Crippen LogP contribution in [-0.4, -0.2) is 22.0 Å². The number of nitrogen functional groups attached to an aromatic ring is 1. The van der Waals surface area contributed by atoms with Crippen LogP contribution in [0.5, 0.6) is 0 Å². The molecule has 0 aliphatic rings.